The molecule has 33 heavy (non-hydrogen) atoms. The third-order valence-corrected chi connectivity index (χ3v) is 5.11. The van der Waals surface area contributed by atoms with Crippen LogP contribution in [-0.4, -0.2) is 59.9 Å². The van der Waals surface area contributed by atoms with Crippen LogP contribution in [0.25, 0.3) is 22.6 Å². The Hall–Kier alpha value is -3.37. The van der Waals surface area contributed by atoms with Gasteiger partial charge in [-0.2, -0.15) is 0 Å². The van der Waals surface area contributed by atoms with Gasteiger partial charge in [0, 0.05) is 13.7 Å². The van der Waals surface area contributed by atoms with E-state index >= 15 is 0 Å². The van der Waals surface area contributed by atoms with Crippen molar-refractivity contribution in [3.05, 3.63) is 29.8 Å². The molecule has 178 valence electrons. The van der Waals surface area contributed by atoms with Crippen LogP contribution in [0.1, 0.15) is 31.4 Å². The second-order valence-electron chi connectivity index (χ2n) is 7.29. The van der Waals surface area contributed by atoms with Gasteiger partial charge in [-0.1, -0.05) is 19.4 Å². The van der Waals surface area contributed by atoms with Crippen LogP contribution in [0.5, 0.6) is 23.1 Å². The van der Waals surface area contributed by atoms with Crippen molar-refractivity contribution >= 4 is 0 Å². The highest BCUT2D eigenvalue weighted by molar-refractivity contribution is 5.88. The molecule has 0 bridgehead atoms. The Kier molecular flexibility index (Phi) is 8.45. The molecule has 2 aromatic heterocycles. The number of aromatic hydroxyl groups is 2. The van der Waals surface area contributed by atoms with Gasteiger partial charge < -0.3 is 34.2 Å². The fraction of sp³-hybridized carbons (Fsp3) is 0.435. The Balaban J connectivity index is 2.13. The van der Waals surface area contributed by atoms with E-state index in [1.807, 2.05) is 0 Å². The highest BCUT2D eigenvalue weighted by Crippen LogP contribution is 2.49. The lowest BCUT2D eigenvalue weighted by atomic mass is 9.95. The van der Waals surface area contributed by atoms with E-state index in [9.17, 15) is 10.2 Å². The highest BCUT2D eigenvalue weighted by atomic mass is 16.5. The zero-order chi connectivity index (χ0) is 23.8. The maximum Gasteiger partial charge on any atom is 0.257 e. The van der Waals surface area contributed by atoms with Crippen LogP contribution in [0.15, 0.2) is 22.6 Å². The number of aryl methyl sites for hydroxylation is 1. The van der Waals surface area contributed by atoms with Crippen molar-refractivity contribution in [3.63, 3.8) is 0 Å². The zero-order valence-corrected chi connectivity index (χ0v) is 19.3. The van der Waals surface area contributed by atoms with Gasteiger partial charge >= 0.3 is 0 Å². The van der Waals surface area contributed by atoms with Crippen LogP contribution in [0.2, 0.25) is 0 Å². The van der Waals surface area contributed by atoms with E-state index in [1.54, 1.807) is 25.3 Å². The molecule has 0 saturated heterocycles. The molecule has 0 saturated carbocycles. The molecule has 3 aromatic rings. The Morgan fingerprint density at radius 1 is 1.00 bits per heavy atom. The van der Waals surface area contributed by atoms with Crippen LogP contribution < -0.4 is 14.8 Å². The first-order valence-electron chi connectivity index (χ1n) is 10.7. The van der Waals surface area contributed by atoms with Crippen LogP contribution in [0.3, 0.4) is 0 Å². The largest absolute Gasteiger partial charge is 0.506 e. The Morgan fingerprint density at radius 3 is 2.36 bits per heavy atom. The average molecular weight is 459 g/mol. The standard InChI is InChI=1S/C23H30N4O6/c1-5-6-8-14-18(19-15(31-3)9-7-10-16(19)32-4)21(28)20(22(29)25-14)23-27-26-17(33-23)13-24-11-12-30-2/h7,9-10,24H,5-6,8,11-13H2,1-4H3,(H2,25,28,29). The number of benzene rings is 1. The number of methoxy groups -OCH3 is 3. The van der Waals surface area contributed by atoms with E-state index < -0.39 is 5.88 Å². The second-order valence-corrected chi connectivity index (χ2v) is 7.29. The number of pyridine rings is 1. The summed E-state index contributed by atoms with van der Waals surface area (Å²) in [4.78, 5) is 4.40. The first kappa shape index (κ1) is 24.3. The van der Waals surface area contributed by atoms with Crippen LogP contribution in [0.4, 0.5) is 0 Å². The monoisotopic (exact) mass is 458 g/mol. The van der Waals surface area contributed by atoms with Crippen molar-refractivity contribution in [2.75, 3.05) is 34.5 Å². The van der Waals surface area contributed by atoms with Crippen molar-refractivity contribution in [2.45, 2.75) is 32.7 Å². The number of aromatic nitrogens is 3. The summed E-state index contributed by atoms with van der Waals surface area (Å²) in [5.74, 6) is 0.617. The number of rotatable bonds is 12. The van der Waals surface area contributed by atoms with Crippen LogP contribution in [0, 0.1) is 0 Å². The van der Waals surface area contributed by atoms with Crippen molar-refractivity contribution in [1.29, 1.82) is 0 Å². The minimum absolute atomic E-state index is 0.0433. The molecular weight excluding hydrogens is 428 g/mol. The molecule has 0 spiro atoms. The third-order valence-electron chi connectivity index (χ3n) is 5.11. The van der Waals surface area contributed by atoms with E-state index in [2.05, 4.69) is 27.4 Å². The summed E-state index contributed by atoms with van der Waals surface area (Å²) in [5.41, 5.74) is 1.39. The molecule has 0 aliphatic carbocycles. The summed E-state index contributed by atoms with van der Waals surface area (Å²) in [6, 6.07) is 5.33. The van der Waals surface area contributed by atoms with Crippen LogP contribution in [-0.2, 0) is 17.7 Å². The smallest absolute Gasteiger partial charge is 0.257 e. The van der Waals surface area contributed by atoms with Gasteiger partial charge in [0.2, 0.25) is 11.8 Å². The van der Waals surface area contributed by atoms with Gasteiger partial charge in [-0.05, 0) is 25.0 Å². The molecule has 0 aliphatic rings. The van der Waals surface area contributed by atoms with Crippen molar-refractivity contribution in [2.24, 2.45) is 0 Å². The minimum atomic E-state index is -0.390. The van der Waals surface area contributed by atoms with Gasteiger partial charge in [0.05, 0.1) is 44.2 Å². The Labute approximate surface area is 192 Å². The number of hydrogen-bond donors (Lipinski definition) is 3. The molecule has 1 aromatic carbocycles. The van der Waals surface area contributed by atoms with Crippen molar-refractivity contribution in [3.8, 4) is 45.7 Å². The molecule has 0 atom stereocenters. The van der Waals surface area contributed by atoms with E-state index in [0.717, 1.165) is 12.8 Å². The first-order valence-corrected chi connectivity index (χ1v) is 10.7. The molecule has 0 fully saturated rings. The van der Waals surface area contributed by atoms with Crippen LogP contribution >= 0.6 is 0 Å². The Bertz CT molecular complexity index is 1050. The fourth-order valence-electron chi connectivity index (χ4n) is 3.49. The summed E-state index contributed by atoms with van der Waals surface area (Å²) in [5, 5.41) is 33.2. The van der Waals surface area contributed by atoms with Gasteiger partial charge in [0.1, 0.15) is 22.8 Å². The van der Waals surface area contributed by atoms with E-state index in [-0.39, 0.29) is 17.2 Å². The summed E-state index contributed by atoms with van der Waals surface area (Å²) in [7, 11) is 4.69. The van der Waals surface area contributed by atoms with Gasteiger partial charge in [0.25, 0.3) is 5.89 Å². The van der Waals surface area contributed by atoms with Crippen molar-refractivity contribution in [1.82, 2.24) is 20.5 Å². The lowest BCUT2D eigenvalue weighted by molar-refractivity contribution is 0.198. The number of ether oxygens (including phenoxy) is 3. The molecule has 10 nitrogen and oxygen atoms in total. The molecular formula is C23H30N4O6. The summed E-state index contributed by atoms with van der Waals surface area (Å²) in [6.07, 6.45) is 2.26. The summed E-state index contributed by atoms with van der Waals surface area (Å²) in [6.45, 7) is 3.51. The van der Waals surface area contributed by atoms with Crippen molar-refractivity contribution < 1.29 is 28.8 Å². The predicted molar refractivity (Wildman–Crippen MR) is 122 cm³/mol. The van der Waals surface area contributed by atoms with Gasteiger partial charge in [-0.15, -0.1) is 10.2 Å². The third kappa shape index (κ3) is 5.35. The molecule has 3 N–H and O–H groups in total. The van der Waals surface area contributed by atoms with Gasteiger partial charge in [-0.25, -0.2) is 4.98 Å². The maximum atomic E-state index is 11.4. The lowest BCUT2D eigenvalue weighted by Crippen LogP contribution is -2.18. The SMILES string of the molecule is CCCCc1nc(O)c(-c2nnc(CNCCOC)o2)c(O)c1-c1c(OC)cccc1OC. The number of nitrogens with one attached hydrogen (secondary N) is 1. The first-order chi connectivity index (χ1) is 16.0. The highest BCUT2D eigenvalue weighted by Gasteiger charge is 2.28. The quantitative estimate of drug-likeness (QED) is 0.347. The van der Waals surface area contributed by atoms with Gasteiger partial charge in [0.15, 0.2) is 0 Å². The molecule has 2 heterocycles. The number of unbranched alkanes of at least 4 members (excludes halogenated alkanes) is 1. The zero-order valence-electron chi connectivity index (χ0n) is 19.3. The minimum Gasteiger partial charge on any atom is -0.506 e. The Morgan fingerprint density at radius 2 is 1.73 bits per heavy atom. The fourth-order valence-corrected chi connectivity index (χ4v) is 3.49. The topological polar surface area (TPSA) is 132 Å². The number of hydrogen-bond acceptors (Lipinski definition) is 10. The average Bonchev–Trinajstić information content (AvgIpc) is 3.28. The van der Waals surface area contributed by atoms with E-state index in [1.165, 1.54) is 14.2 Å². The number of nitrogens with zero attached hydrogens (tertiary/aromatic N) is 3. The van der Waals surface area contributed by atoms with Gasteiger partial charge in [-0.3, -0.25) is 0 Å². The summed E-state index contributed by atoms with van der Waals surface area (Å²) >= 11 is 0. The van der Waals surface area contributed by atoms with E-state index in [0.29, 0.717) is 60.3 Å². The maximum absolute atomic E-state index is 11.4. The molecule has 0 aliphatic heterocycles. The molecule has 0 unspecified atom stereocenters. The molecule has 0 radical (unpaired) electrons. The molecule has 0 amide bonds. The lowest BCUT2D eigenvalue weighted by Gasteiger charge is -2.18. The molecule has 3 rings (SSSR count). The predicted octanol–water partition coefficient (Wildman–Crippen LogP) is 3.31. The van der Waals surface area contributed by atoms with E-state index in [4.69, 9.17) is 18.6 Å². The normalized spacial score (nSPS) is 11.0. The molecule has 10 heteroatoms. The second kappa shape index (κ2) is 11.5. The summed E-state index contributed by atoms with van der Waals surface area (Å²) < 4.78 is 21.8.